The number of fused-ring (bicyclic) bond motifs is 9. The lowest BCUT2D eigenvalue weighted by Gasteiger charge is -2.22. The van der Waals surface area contributed by atoms with E-state index in [1.807, 2.05) is 11.8 Å². The number of para-hydroxylation sites is 3. The van der Waals surface area contributed by atoms with E-state index >= 15 is 0 Å². The number of aromatic nitrogens is 5. The van der Waals surface area contributed by atoms with Gasteiger partial charge < -0.3 is 0 Å². The Morgan fingerprint density at radius 3 is 1.62 bits per heavy atom. The molecule has 0 unspecified atom stereocenters. The lowest BCUT2D eigenvalue weighted by Crippen LogP contribution is -2.05. The smallest absolute Gasteiger partial charge is 0.164 e. The van der Waals surface area contributed by atoms with Crippen molar-refractivity contribution in [3.63, 3.8) is 0 Å². The van der Waals surface area contributed by atoms with Crippen LogP contribution in [0.15, 0.2) is 210 Å². The predicted molar refractivity (Wildman–Crippen MR) is 252 cm³/mol. The van der Waals surface area contributed by atoms with E-state index in [2.05, 4.69) is 209 Å². The average molecular weight is 796 g/mol. The predicted octanol–water partition coefficient (Wildman–Crippen LogP) is 14.4. The highest BCUT2D eigenvalue weighted by Crippen LogP contribution is 2.50. The van der Waals surface area contributed by atoms with Gasteiger partial charge in [0.1, 0.15) is 5.65 Å². The number of nitrogens with zero attached hydrogens (tertiary/aromatic N) is 5. The Morgan fingerprint density at radius 1 is 0.361 bits per heavy atom. The average Bonchev–Trinajstić information content (AvgIpc) is 3.85. The van der Waals surface area contributed by atoms with Crippen molar-refractivity contribution in [3.8, 4) is 56.7 Å². The van der Waals surface area contributed by atoms with Gasteiger partial charge in [-0.25, -0.2) is 15.0 Å². The topological polar surface area (TPSA) is 48.5 Å². The Hall–Kier alpha value is -7.80. The molecule has 0 aliphatic carbocycles. The van der Waals surface area contributed by atoms with Gasteiger partial charge in [0.15, 0.2) is 17.5 Å². The van der Waals surface area contributed by atoms with Crippen molar-refractivity contribution in [2.45, 2.75) is 9.79 Å². The van der Waals surface area contributed by atoms with Crippen LogP contribution < -0.4 is 0 Å². The van der Waals surface area contributed by atoms with Crippen LogP contribution in [0.4, 0.5) is 0 Å². The quantitative estimate of drug-likeness (QED) is 0.174. The van der Waals surface area contributed by atoms with Gasteiger partial charge in [-0.05, 0) is 81.2 Å². The molecule has 4 heterocycles. The van der Waals surface area contributed by atoms with E-state index in [9.17, 15) is 0 Å². The van der Waals surface area contributed by atoms with Crippen molar-refractivity contribution in [1.29, 1.82) is 0 Å². The van der Waals surface area contributed by atoms with Crippen molar-refractivity contribution in [1.82, 2.24) is 24.1 Å². The molecule has 3 aromatic heterocycles. The van der Waals surface area contributed by atoms with Crippen molar-refractivity contribution in [2.75, 3.05) is 0 Å². The maximum absolute atomic E-state index is 5.10. The molecular formula is C55H33N5S. The summed E-state index contributed by atoms with van der Waals surface area (Å²) in [6.07, 6.45) is 0. The zero-order valence-electron chi connectivity index (χ0n) is 32.7. The molecule has 61 heavy (non-hydrogen) atoms. The minimum absolute atomic E-state index is 0.639. The summed E-state index contributed by atoms with van der Waals surface area (Å²) < 4.78 is 4.92. The van der Waals surface area contributed by atoms with Crippen LogP contribution in [0.2, 0.25) is 0 Å². The Balaban J connectivity index is 0.922. The highest BCUT2D eigenvalue weighted by atomic mass is 32.2. The third-order valence-corrected chi connectivity index (χ3v) is 13.2. The zero-order valence-corrected chi connectivity index (χ0v) is 33.5. The molecule has 284 valence electrons. The Bertz CT molecular complexity index is 3640. The first-order valence-electron chi connectivity index (χ1n) is 20.5. The molecule has 0 bridgehead atoms. The van der Waals surface area contributed by atoms with Gasteiger partial charge in [0, 0.05) is 48.3 Å². The normalized spacial score (nSPS) is 12.2. The van der Waals surface area contributed by atoms with Crippen LogP contribution in [0.3, 0.4) is 0 Å². The molecule has 5 nitrogen and oxygen atoms in total. The van der Waals surface area contributed by atoms with E-state index in [0.29, 0.717) is 17.5 Å². The van der Waals surface area contributed by atoms with Gasteiger partial charge in [-0.15, -0.1) is 0 Å². The van der Waals surface area contributed by atoms with Crippen molar-refractivity contribution < 1.29 is 0 Å². The number of hydrogen-bond donors (Lipinski definition) is 0. The Kier molecular flexibility index (Phi) is 7.47. The summed E-state index contributed by atoms with van der Waals surface area (Å²) in [5.41, 5.74) is 11.1. The fourth-order valence-electron chi connectivity index (χ4n) is 9.23. The largest absolute Gasteiger partial charge is 0.295 e. The van der Waals surface area contributed by atoms with Crippen LogP contribution >= 0.6 is 11.8 Å². The van der Waals surface area contributed by atoms with Crippen LogP contribution in [-0.2, 0) is 0 Å². The summed E-state index contributed by atoms with van der Waals surface area (Å²) in [6.45, 7) is 0. The Morgan fingerprint density at radius 2 is 0.918 bits per heavy atom. The standard InChI is InChI=1S/C55H33N5S/c1-2-15-43(16-3-1)59-46-19-9-8-17-44(46)50-45-18-10-20-48-51(45)60(55(50)59)47-30-29-40(33-49(47)61-48)36-21-25-37(26-22-36)52-56-53(41-27-23-34-11-4-6-13-38(34)31-41)58-54(57-52)42-28-24-35-12-5-7-14-39(35)32-42/h1-33H. The van der Waals surface area contributed by atoms with Crippen LogP contribution in [0.5, 0.6) is 0 Å². The van der Waals surface area contributed by atoms with Gasteiger partial charge in [0.25, 0.3) is 0 Å². The number of rotatable bonds is 5. The monoisotopic (exact) mass is 795 g/mol. The molecule has 0 spiro atoms. The molecule has 6 heteroatoms. The minimum atomic E-state index is 0.639. The SMILES string of the molecule is c1ccc(-n2c3ccccc3c3c4cccc5c4n(c32)-c2ccc(-c3ccc(-c4nc(-c6ccc7ccccc7c6)nc(-c6ccc7ccccc7c6)n4)cc3)cc2S5)cc1. The fourth-order valence-corrected chi connectivity index (χ4v) is 10.4. The second kappa shape index (κ2) is 13.4. The highest BCUT2D eigenvalue weighted by molar-refractivity contribution is 7.99. The second-order valence-corrected chi connectivity index (χ2v) is 16.8. The van der Waals surface area contributed by atoms with E-state index in [1.165, 1.54) is 59.1 Å². The maximum atomic E-state index is 5.10. The molecule has 0 atom stereocenters. The van der Waals surface area contributed by atoms with Gasteiger partial charge >= 0.3 is 0 Å². The highest BCUT2D eigenvalue weighted by Gasteiger charge is 2.28. The van der Waals surface area contributed by atoms with Gasteiger partial charge in [0.05, 0.1) is 16.7 Å². The van der Waals surface area contributed by atoms with Crippen molar-refractivity contribution in [3.05, 3.63) is 200 Å². The molecule has 0 saturated heterocycles. The first-order chi connectivity index (χ1) is 30.2. The van der Waals surface area contributed by atoms with Crippen LogP contribution in [-0.4, -0.2) is 24.1 Å². The lowest BCUT2D eigenvalue weighted by atomic mass is 10.0. The lowest BCUT2D eigenvalue weighted by molar-refractivity contribution is 1.03. The molecule has 0 amide bonds. The molecule has 0 saturated carbocycles. The molecular weight excluding hydrogens is 763 g/mol. The molecule has 9 aromatic carbocycles. The summed E-state index contributed by atoms with van der Waals surface area (Å²) in [7, 11) is 0. The molecule has 1 aliphatic rings. The van der Waals surface area contributed by atoms with Gasteiger partial charge in [0.2, 0.25) is 0 Å². The maximum Gasteiger partial charge on any atom is 0.164 e. The summed E-state index contributed by atoms with van der Waals surface area (Å²) >= 11 is 1.85. The summed E-state index contributed by atoms with van der Waals surface area (Å²) in [6, 6.07) is 71.4. The molecule has 13 rings (SSSR count). The number of hydrogen-bond acceptors (Lipinski definition) is 4. The van der Waals surface area contributed by atoms with Gasteiger partial charge in [-0.2, -0.15) is 0 Å². The van der Waals surface area contributed by atoms with Crippen LogP contribution in [0.25, 0.3) is 111 Å². The van der Waals surface area contributed by atoms with E-state index < -0.39 is 0 Å². The van der Waals surface area contributed by atoms with E-state index in [4.69, 9.17) is 15.0 Å². The van der Waals surface area contributed by atoms with Gasteiger partial charge in [-0.3, -0.25) is 9.13 Å². The van der Waals surface area contributed by atoms with E-state index in [0.717, 1.165) is 44.3 Å². The van der Waals surface area contributed by atoms with Crippen LogP contribution in [0, 0.1) is 0 Å². The second-order valence-electron chi connectivity index (χ2n) is 15.7. The first kappa shape index (κ1) is 34.1. The fraction of sp³-hybridized carbons (Fsp3) is 0. The van der Waals surface area contributed by atoms with Gasteiger partial charge in [-0.1, -0.05) is 163 Å². The molecule has 0 N–H and O–H groups in total. The van der Waals surface area contributed by atoms with E-state index in [-0.39, 0.29) is 0 Å². The zero-order chi connectivity index (χ0) is 40.0. The van der Waals surface area contributed by atoms with E-state index in [1.54, 1.807) is 0 Å². The third-order valence-electron chi connectivity index (χ3n) is 12.1. The summed E-state index contributed by atoms with van der Waals surface area (Å²) in [5, 5.41) is 8.49. The number of benzene rings is 9. The summed E-state index contributed by atoms with van der Waals surface area (Å²) in [4.78, 5) is 17.8. The molecule has 0 radical (unpaired) electrons. The third kappa shape index (κ3) is 5.39. The summed E-state index contributed by atoms with van der Waals surface area (Å²) in [5.74, 6) is 1.93. The molecule has 12 aromatic rings. The van der Waals surface area contributed by atoms with Crippen molar-refractivity contribution in [2.24, 2.45) is 0 Å². The Labute approximate surface area is 355 Å². The minimum Gasteiger partial charge on any atom is -0.295 e. The van der Waals surface area contributed by atoms with Crippen LogP contribution in [0.1, 0.15) is 0 Å². The van der Waals surface area contributed by atoms with Crippen molar-refractivity contribution >= 4 is 66.1 Å². The molecule has 1 aliphatic heterocycles. The molecule has 0 fully saturated rings. The first-order valence-corrected chi connectivity index (χ1v) is 21.3.